The highest BCUT2D eigenvalue weighted by molar-refractivity contribution is 7.99. The molecule has 2 rings (SSSR count). The van der Waals surface area contributed by atoms with Crippen LogP contribution in [0.25, 0.3) is 11.0 Å². The van der Waals surface area contributed by atoms with E-state index in [1.54, 1.807) is 0 Å². The van der Waals surface area contributed by atoms with Gasteiger partial charge in [0.15, 0.2) is 0 Å². The van der Waals surface area contributed by atoms with Gasteiger partial charge in [-0.15, -0.1) is 11.6 Å². The van der Waals surface area contributed by atoms with E-state index in [1.807, 2.05) is 23.9 Å². The van der Waals surface area contributed by atoms with Gasteiger partial charge < -0.3 is 4.57 Å². The Bertz CT molecular complexity index is 612. The lowest BCUT2D eigenvalue weighted by atomic mass is 10.2. The number of fused-ring (bicyclic) bond motifs is 1. The minimum Gasteiger partial charge on any atom is -0.325 e. The van der Waals surface area contributed by atoms with Gasteiger partial charge in [-0.3, -0.25) is 0 Å². The third kappa shape index (κ3) is 4.01. The Kier molecular flexibility index (Phi) is 6.54. The number of aryl methyl sites for hydroxylation is 1. The number of nitrogens with zero attached hydrogens (tertiary/aromatic N) is 2. The lowest BCUT2D eigenvalue weighted by Crippen LogP contribution is -2.11. The van der Waals surface area contributed by atoms with Crippen LogP contribution in [0.1, 0.15) is 32.1 Å². The molecule has 2 nitrogen and oxygen atoms in total. The van der Waals surface area contributed by atoms with E-state index in [9.17, 15) is 0 Å². The van der Waals surface area contributed by atoms with Crippen LogP contribution in [0.3, 0.4) is 0 Å². The number of hydrogen-bond acceptors (Lipinski definition) is 2. The molecular formula is C15H19Cl3N2S. The smallest absolute Gasteiger partial charge is 0.111 e. The van der Waals surface area contributed by atoms with Gasteiger partial charge in [-0.2, -0.15) is 11.8 Å². The molecule has 1 aromatic heterocycles. The van der Waals surface area contributed by atoms with Crippen molar-refractivity contribution in [2.75, 3.05) is 17.4 Å². The predicted molar refractivity (Wildman–Crippen MR) is 96.5 cm³/mol. The lowest BCUT2D eigenvalue weighted by Gasteiger charge is -2.17. The van der Waals surface area contributed by atoms with Crippen molar-refractivity contribution in [2.24, 2.45) is 0 Å². The van der Waals surface area contributed by atoms with E-state index in [2.05, 4.69) is 23.4 Å². The van der Waals surface area contributed by atoms with Crippen molar-refractivity contribution in [2.45, 2.75) is 32.7 Å². The number of hydrogen-bond donors (Lipinski definition) is 0. The summed E-state index contributed by atoms with van der Waals surface area (Å²) < 4.78 is 2.26. The number of rotatable bonds is 7. The fraction of sp³-hybridized carbons (Fsp3) is 0.533. The zero-order valence-electron chi connectivity index (χ0n) is 12.2. The Labute approximate surface area is 145 Å². The minimum absolute atomic E-state index is 0.365. The summed E-state index contributed by atoms with van der Waals surface area (Å²) in [6, 6.07) is 4.11. The van der Waals surface area contributed by atoms with E-state index in [-0.39, 0.29) is 0 Å². The van der Waals surface area contributed by atoms with Crippen LogP contribution in [0, 0.1) is 0 Å². The number of aromatic nitrogens is 2. The Morgan fingerprint density at radius 2 is 2.00 bits per heavy atom. The van der Waals surface area contributed by atoms with E-state index in [0.29, 0.717) is 22.0 Å². The van der Waals surface area contributed by atoms with Crippen molar-refractivity contribution in [3.05, 3.63) is 28.0 Å². The summed E-state index contributed by atoms with van der Waals surface area (Å²) in [5.74, 6) is 3.85. The van der Waals surface area contributed by atoms with Crippen LogP contribution in [-0.4, -0.2) is 26.9 Å². The van der Waals surface area contributed by atoms with Crippen LogP contribution in [0.4, 0.5) is 0 Å². The molecule has 0 aliphatic rings. The number of halogens is 3. The van der Waals surface area contributed by atoms with Crippen LogP contribution >= 0.6 is 46.6 Å². The topological polar surface area (TPSA) is 17.8 Å². The first-order chi connectivity index (χ1) is 10.1. The molecule has 1 aromatic carbocycles. The summed E-state index contributed by atoms with van der Waals surface area (Å²) in [5.41, 5.74) is 1.93. The molecule has 0 N–H and O–H groups in total. The Morgan fingerprint density at radius 1 is 1.29 bits per heavy atom. The number of imidazole rings is 1. The maximum absolute atomic E-state index is 6.17. The highest BCUT2D eigenvalue weighted by Gasteiger charge is 2.17. The first-order valence-electron chi connectivity index (χ1n) is 7.08. The minimum atomic E-state index is 0.365. The molecule has 1 atom stereocenters. The third-order valence-electron chi connectivity index (χ3n) is 3.45. The Hall–Kier alpha value is -0.0900. The zero-order chi connectivity index (χ0) is 15.4. The SMILES string of the molecule is CCSCCC(C)n1c(CCCl)nc2cc(Cl)c(Cl)cc21. The van der Waals surface area contributed by atoms with Gasteiger partial charge in [-0.1, -0.05) is 30.1 Å². The van der Waals surface area contributed by atoms with Crippen LogP contribution in [-0.2, 0) is 6.42 Å². The number of benzene rings is 1. The normalized spacial score (nSPS) is 13.0. The summed E-state index contributed by atoms with van der Waals surface area (Å²) in [7, 11) is 0. The van der Waals surface area contributed by atoms with E-state index in [0.717, 1.165) is 41.2 Å². The molecule has 0 saturated carbocycles. The van der Waals surface area contributed by atoms with Gasteiger partial charge in [-0.25, -0.2) is 4.98 Å². The van der Waals surface area contributed by atoms with Gasteiger partial charge in [0.25, 0.3) is 0 Å². The summed E-state index contributed by atoms with van der Waals surface area (Å²) in [6.45, 7) is 4.40. The summed E-state index contributed by atoms with van der Waals surface area (Å²) in [5, 5.41) is 1.11. The molecule has 116 valence electrons. The Balaban J connectivity index is 2.42. The molecule has 0 fully saturated rings. The van der Waals surface area contributed by atoms with Gasteiger partial charge in [0.2, 0.25) is 0 Å². The average Bonchev–Trinajstić information content (AvgIpc) is 2.77. The molecule has 0 aliphatic carbocycles. The second-order valence-electron chi connectivity index (χ2n) is 4.93. The standard InChI is InChI=1S/C15H19Cl3N2S/c1-3-21-7-5-10(2)20-14-9-12(18)11(17)8-13(14)19-15(20)4-6-16/h8-10H,3-7H2,1-2H3. The molecule has 2 aromatic rings. The molecule has 6 heteroatoms. The molecule has 1 unspecified atom stereocenters. The van der Waals surface area contributed by atoms with Gasteiger partial charge >= 0.3 is 0 Å². The molecule has 0 aliphatic heterocycles. The van der Waals surface area contributed by atoms with E-state index in [1.165, 1.54) is 0 Å². The highest BCUT2D eigenvalue weighted by atomic mass is 35.5. The number of alkyl halides is 1. The third-order valence-corrected chi connectivity index (χ3v) is 5.29. The summed E-state index contributed by atoms with van der Waals surface area (Å²) in [6.07, 6.45) is 1.84. The predicted octanol–water partition coefficient (Wildman–Crippen LogP) is 5.83. The van der Waals surface area contributed by atoms with E-state index in [4.69, 9.17) is 34.8 Å². The fourth-order valence-electron chi connectivity index (χ4n) is 2.42. The zero-order valence-corrected chi connectivity index (χ0v) is 15.3. The van der Waals surface area contributed by atoms with Gasteiger partial charge in [0, 0.05) is 18.3 Å². The number of thioether (sulfide) groups is 1. The first kappa shape index (κ1) is 17.3. The first-order valence-corrected chi connectivity index (χ1v) is 9.52. The largest absolute Gasteiger partial charge is 0.325 e. The molecule has 0 radical (unpaired) electrons. The van der Waals surface area contributed by atoms with Gasteiger partial charge in [0.05, 0.1) is 21.1 Å². The van der Waals surface area contributed by atoms with Crippen molar-refractivity contribution in [3.8, 4) is 0 Å². The van der Waals surface area contributed by atoms with Crippen LogP contribution in [0.15, 0.2) is 12.1 Å². The maximum Gasteiger partial charge on any atom is 0.111 e. The van der Waals surface area contributed by atoms with Crippen molar-refractivity contribution in [3.63, 3.8) is 0 Å². The second kappa shape index (κ2) is 7.96. The molecule has 21 heavy (non-hydrogen) atoms. The molecule has 0 saturated heterocycles. The molecule has 1 heterocycles. The quantitative estimate of drug-likeness (QED) is 0.454. The molecular weight excluding hydrogens is 347 g/mol. The van der Waals surface area contributed by atoms with Gasteiger partial charge in [0.1, 0.15) is 5.82 Å². The molecule has 0 amide bonds. The van der Waals surface area contributed by atoms with Crippen molar-refractivity contribution in [1.82, 2.24) is 9.55 Å². The monoisotopic (exact) mass is 364 g/mol. The Morgan fingerprint density at radius 3 is 2.67 bits per heavy atom. The van der Waals surface area contributed by atoms with Crippen LogP contribution in [0.2, 0.25) is 10.0 Å². The van der Waals surface area contributed by atoms with Crippen molar-refractivity contribution < 1.29 is 0 Å². The fourth-order valence-corrected chi connectivity index (χ4v) is 3.70. The maximum atomic E-state index is 6.17. The lowest BCUT2D eigenvalue weighted by molar-refractivity contribution is 0.528. The van der Waals surface area contributed by atoms with Crippen LogP contribution < -0.4 is 0 Å². The summed E-state index contributed by atoms with van der Waals surface area (Å²) in [4.78, 5) is 4.68. The van der Waals surface area contributed by atoms with Gasteiger partial charge in [-0.05, 0) is 37.0 Å². The highest BCUT2D eigenvalue weighted by Crippen LogP contribution is 2.31. The van der Waals surface area contributed by atoms with E-state index < -0.39 is 0 Å². The van der Waals surface area contributed by atoms with Crippen molar-refractivity contribution in [1.29, 1.82) is 0 Å². The average molecular weight is 366 g/mol. The van der Waals surface area contributed by atoms with Crippen LogP contribution in [0.5, 0.6) is 0 Å². The van der Waals surface area contributed by atoms with E-state index >= 15 is 0 Å². The second-order valence-corrected chi connectivity index (χ2v) is 7.51. The van der Waals surface area contributed by atoms with Crippen molar-refractivity contribution >= 4 is 57.6 Å². The molecule has 0 bridgehead atoms. The molecule has 0 spiro atoms. The summed E-state index contributed by atoms with van der Waals surface area (Å²) >= 11 is 20.1.